The molecule has 1 heterocycles. The lowest BCUT2D eigenvalue weighted by Gasteiger charge is -2.40. The molecule has 1 atom stereocenters. The minimum absolute atomic E-state index is 0.188. The van der Waals surface area contributed by atoms with Crippen molar-refractivity contribution in [1.82, 2.24) is 10.2 Å². The summed E-state index contributed by atoms with van der Waals surface area (Å²) in [6.45, 7) is 6.28. The SMILES string of the molecule is CC(C)(C)OC(=O)N1CC[C@H]1C(=O)NCc1ccc(C#N)cc1. The number of benzene rings is 1. The summed E-state index contributed by atoms with van der Waals surface area (Å²) in [6.07, 6.45) is 0.181. The number of likely N-dealkylation sites (tertiary alicyclic amines) is 1. The lowest BCUT2D eigenvalue weighted by Crippen LogP contribution is -2.59. The van der Waals surface area contributed by atoms with Crippen LogP contribution < -0.4 is 5.32 Å². The maximum absolute atomic E-state index is 12.2. The number of nitrogens with zero attached hydrogens (tertiary/aromatic N) is 2. The Balaban J connectivity index is 1.86. The van der Waals surface area contributed by atoms with Crippen molar-refractivity contribution in [2.45, 2.75) is 45.4 Å². The van der Waals surface area contributed by atoms with E-state index in [1.807, 2.05) is 6.07 Å². The minimum atomic E-state index is -0.573. The molecule has 122 valence electrons. The number of carbonyl (C=O) groups excluding carboxylic acids is 2. The van der Waals surface area contributed by atoms with E-state index < -0.39 is 17.7 Å². The highest BCUT2D eigenvalue weighted by atomic mass is 16.6. The van der Waals surface area contributed by atoms with Gasteiger partial charge >= 0.3 is 6.09 Å². The number of hydrogen-bond donors (Lipinski definition) is 1. The summed E-state index contributed by atoms with van der Waals surface area (Å²) in [4.78, 5) is 25.6. The van der Waals surface area contributed by atoms with Crippen molar-refractivity contribution in [3.8, 4) is 6.07 Å². The first-order valence-electron chi connectivity index (χ1n) is 7.56. The van der Waals surface area contributed by atoms with Crippen LogP contribution in [0.25, 0.3) is 0 Å². The average molecular weight is 315 g/mol. The predicted molar refractivity (Wildman–Crippen MR) is 84.3 cm³/mol. The molecule has 6 nitrogen and oxygen atoms in total. The predicted octanol–water partition coefficient (Wildman–Crippen LogP) is 2.18. The molecule has 1 aliphatic heterocycles. The third-order valence-electron chi connectivity index (χ3n) is 3.50. The zero-order valence-electron chi connectivity index (χ0n) is 13.6. The van der Waals surface area contributed by atoms with E-state index in [9.17, 15) is 9.59 Å². The van der Waals surface area contributed by atoms with E-state index in [4.69, 9.17) is 10.00 Å². The van der Waals surface area contributed by atoms with E-state index in [1.165, 1.54) is 4.90 Å². The van der Waals surface area contributed by atoms with Gasteiger partial charge in [-0.1, -0.05) is 12.1 Å². The van der Waals surface area contributed by atoms with Crippen LogP contribution in [-0.4, -0.2) is 35.1 Å². The smallest absolute Gasteiger partial charge is 0.410 e. The molecular formula is C17H21N3O3. The summed E-state index contributed by atoms with van der Waals surface area (Å²) < 4.78 is 5.29. The van der Waals surface area contributed by atoms with Crippen LogP contribution >= 0.6 is 0 Å². The molecule has 0 bridgehead atoms. The van der Waals surface area contributed by atoms with Crippen LogP contribution in [0.5, 0.6) is 0 Å². The Hall–Kier alpha value is -2.55. The Morgan fingerprint density at radius 2 is 2.00 bits per heavy atom. The first-order chi connectivity index (χ1) is 10.8. The molecule has 1 fully saturated rings. The molecule has 1 aromatic rings. The molecule has 1 aliphatic rings. The van der Waals surface area contributed by atoms with Crippen LogP contribution in [0.15, 0.2) is 24.3 Å². The van der Waals surface area contributed by atoms with Gasteiger partial charge in [0.15, 0.2) is 0 Å². The van der Waals surface area contributed by atoms with E-state index in [-0.39, 0.29) is 5.91 Å². The molecule has 6 heteroatoms. The highest BCUT2D eigenvalue weighted by Crippen LogP contribution is 2.21. The number of carbonyl (C=O) groups is 2. The quantitative estimate of drug-likeness (QED) is 0.927. The van der Waals surface area contributed by atoms with Gasteiger partial charge in [-0.15, -0.1) is 0 Å². The summed E-state index contributed by atoms with van der Waals surface area (Å²) in [5.41, 5.74) is 0.909. The highest BCUT2D eigenvalue weighted by molar-refractivity contribution is 5.87. The molecule has 1 aromatic carbocycles. The van der Waals surface area contributed by atoms with Crippen molar-refractivity contribution < 1.29 is 14.3 Å². The molecule has 0 saturated carbocycles. The Labute approximate surface area is 136 Å². The van der Waals surface area contributed by atoms with Crippen molar-refractivity contribution in [1.29, 1.82) is 5.26 Å². The van der Waals surface area contributed by atoms with Crippen LogP contribution in [-0.2, 0) is 16.1 Å². The Kier molecular flexibility index (Phi) is 4.89. The second-order valence-electron chi connectivity index (χ2n) is 6.50. The molecule has 23 heavy (non-hydrogen) atoms. The minimum Gasteiger partial charge on any atom is -0.444 e. The largest absolute Gasteiger partial charge is 0.444 e. The number of hydrogen-bond acceptors (Lipinski definition) is 4. The number of nitrogens with one attached hydrogen (secondary N) is 1. The Bertz CT molecular complexity index is 626. The summed E-state index contributed by atoms with van der Waals surface area (Å²) in [7, 11) is 0. The van der Waals surface area contributed by atoms with E-state index in [0.29, 0.717) is 25.1 Å². The third-order valence-corrected chi connectivity index (χ3v) is 3.50. The molecule has 0 aliphatic carbocycles. The number of amides is 2. The fourth-order valence-electron chi connectivity index (χ4n) is 2.20. The van der Waals surface area contributed by atoms with Gasteiger partial charge in [-0.05, 0) is 44.9 Å². The molecule has 1 saturated heterocycles. The van der Waals surface area contributed by atoms with Crippen molar-refractivity contribution in [3.05, 3.63) is 35.4 Å². The average Bonchev–Trinajstić information content (AvgIpc) is 2.42. The van der Waals surface area contributed by atoms with Gasteiger partial charge in [-0.2, -0.15) is 5.26 Å². The first-order valence-corrected chi connectivity index (χ1v) is 7.56. The van der Waals surface area contributed by atoms with Crippen molar-refractivity contribution in [2.24, 2.45) is 0 Å². The van der Waals surface area contributed by atoms with Gasteiger partial charge in [0.25, 0.3) is 0 Å². The fraction of sp³-hybridized carbons (Fsp3) is 0.471. The standard InChI is InChI=1S/C17H21N3O3/c1-17(2,3)23-16(22)20-9-8-14(20)15(21)19-11-13-6-4-12(10-18)5-7-13/h4-7,14H,8-9,11H2,1-3H3,(H,19,21)/t14-/m0/s1. The van der Waals surface area contributed by atoms with E-state index >= 15 is 0 Å². The summed E-state index contributed by atoms with van der Waals surface area (Å²) in [5, 5.41) is 11.6. The van der Waals surface area contributed by atoms with Crippen LogP contribution in [0.1, 0.15) is 38.3 Å². The number of rotatable bonds is 3. The van der Waals surface area contributed by atoms with Crippen molar-refractivity contribution in [3.63, 3.8) is 0 Å². The summed E-state index contributed by atoms with van der Waals surface area (Å²) in [5.74, 6) is -0.188. The highest BCUT2D eigenvalue weighted by Gasteiger charge is 2.39. The molecule has 0 spiro atoms. The molecular weight excluding hydrogens is 294 g/mol. The number of nitriles is 1. The Morgan fingerprint density at radius 3 is 2.48 bits per heavy atom. The van der Waals surface area contributed by atoms with Gasteiger partial charge in [-0.3, -0.25) is 9.69 Å². The van der Waals surface area contributed by atoms with Gasteiger partial charge in [0.1, 0.15) is 11.6 Å². The second-order valence-corrected chi connectivity index (χ2v) is 6.50. The van der Waals surface area contributed by atoms with E-state index in [2.05, 4.69) is 5.32 Å². The van der Waals surface area contributed by atoms with Crippen molar-refractivity contribution in [2.75, 3.05) is 6.54 Å². The molecule has 2 rings (SSSR count). The topological polar surface area (TPSA) is 82.4 Å². The zero-order valence-corrected chi connectivity index (χ0v) is 13.6. The first kappa shape index (κ1) is 16.8. The van der Waals surface area contributed by atoms with E-state index in [1.54, 1.807) is 45.0 Å². The van der Waals surface area contributed by atoms with Crippen LogP contribution in [0.3, 0.4) is 0 Å². The van der Waals surface area contributed by atoms with Gasteiger partial charge < -0.3 is 10.1 Å². The maximum Gasteiger partial charge on any atom is 0.410 e. The summed E-state index contributed by atoms with van der Waals surface area (Å²) in [6, 6.07) is 8.58. The monoisotopic (exact) mass is 315 g/mol. The molecule has 2 amide bonds. The lowest BCUT2D eigenvalue weighted by molar-refractivity contribution is -0.130. The van der Waals surface area contributed by atoms with Crippen molar-refractivity contribution >= 4 is 12.0 Å². The zero-order chi connectivity index (χ0) is 17.0. The van der Waals surface area contributed by atoms with Gasteiger partial charge in [0.2, 0.25) is 5.91 Å². The second kappa shape index (κ2) is 6.69. The Morgan fingerprint density at radius 1 is 1.35 bits per heavy atom. The van der Waals surface area contributed by atoms with Crippen LogP contribution in [0.4, 0.5) is 4.79 Å². The van der Waals surface area contributed by atoms with Gasteiger partial charge in [-0.25, -0.2) is 4.79 Å². The van der Waals surface area contributed by atoms with Gasteiger partial charge in [0, 0.05) is 13.1 Å². The number of ether oxygens (including phenoxy) is 1. The molecule has 0 unspecified atom stereocenters. The fourth-order valence-corrected chi connectivity index (χ4v) is 2.20. The third kappa shape index (κ3) is 4.46. The molecule has 0 radical (unpaired) electrons. The van der Waals surface area contributed by atoms with E-state index in [0.717, 1.165) is 5.56 Å². The summed E-state index contributed by atoms with van der Waals surface area (Å²) >= 11 is 0. The van der Waals surface area contributed by atoms with Gasteiger partial charge in [0.05, 0.1) is 11.6 Å². The lowest BCUT2D eigenvalue weighted by atomic mass is 10.0. The van der Waals surface area contributed by atoms with Crippen LogP contribution in [0.2, 0.25) is 0 Å². The normalized spacial score (nSPS) is 17.0. The van der Waals surface area contributed by atoms with Crippen LogP contribution in [0, 0.1) is 11.3 Å². The maximum atomic E-state index is 12.2. The molecule has 0 aromatic heterocycles. The molecule has 1 N–H and O–H groups in total.